The number of nitrogens with zero attached hydrogens (tertiary/aromatic N) is 2. The summed E-state index contributed by atoms with van der Waals surface area (Å²) in [5.74, 6) is 0.645. The number of rotatable bonds is 3. The lowest BCUT2D eigenvalue weighted by molar-refractivity contribution is -0.113. The van der Waals surface area contributed by atoms with E-state index in [1.165, 1.54) is 0 Å². The summed E-state index contributed by atoms with van der Waals surface area (Å²) in [5.41, 5.74) is 3.87. The van der Waals surface area contributed by atoms with Gasteiger partial charge in [-0.25, -0.2) is 4.98 Å². The van der Waals surface area contributed by atoms with E-state index in [0.717, 1.165) is 46.6 Å². The highest BCUT2D eigenvalue weighted by atomic mass is 35.5. The lowest BCUT2D eigenvalue weighted by Gasteiger charge is -2.20. The van der Waals surface area contributed by atoms with Crippen molar-refractivity contribution in [2.75, 3.05) is 22.6 Å². The van der Waals surface area contributed by atoms with Crippen molar-refractivity contribution < 1.29 is 4.79 Å². The van der Waals surface area contributed by atoms with Crippen LogP contribution in [0, 0.1) is 0 Å². The second kappa shape index (κ2) is 6.13. The molecule has 2 aromatic carbocycles. The van der Waals surface area contributed by atoms with E-state index in [1.807, 2.05) is 42.5 Å². The zero-order valence-electron chi connectivity index (χ0n) is 13.0. The highest BCUT2D eigenvalue weighted by Crippen LogP contribution is 2.40. The number of nitrogens with one attached hydrogen (secondary N) is 1. The fourth-order valence-electron chi connectivity index (χ4n) is 3.20. The van der Waals surface area contributed by atoms with E-state index in [1.54, 1.807) is 0 Å². The second-order valence-electron chi connectivity index (χ2n) is 5.73. The molecule has 0 bridgehead atoms. The number of alkyl halides is 1. The van der Waals surface area contributed by atoms with Crippen LogP contribution in [0.3, 0.4) is 0 Å². The molecular formula is C19H16ClN3O. The van der Waals surface area contributed by atoms with Crippen LogP contribution in [-0.4, -0.2) is 23.3 Å². The van der Waals surface area contributed by atoms with Gasteiger partial charge in [-0.3, -0.25) is 4.79 Å². The highest BCUT2D eigenvalue weighted by Gasteiger charge is 2.27. The largest absolute Gasteiger partial charge is 0.326 e. The molecule has 0 atom stereocenters. The van der Waals surface area contributed by atoms with Gasteiger partial charge in [-0.05, 0) is 24.6 Å². The third-order valence-corrected chi connectivity index (χ3v) is 4.51. The first-order valence-electron chi connectivity index (χ1n) is 7.88. The predicted octanol–water partition coefficient (Wildman–Crippen LogP) is 4.11. The first kappa shape index (κ1) is 15.0. The standard InChI is InChI=1S/C19H16ClN3O/c20-12-17(24)22-18-14-8-4-5-9-16(14)21-19-15(18)10-11-23(19)13-6-2-1-3-7-13/h1-9H,10-12H2,(H,21,22,24). The molecule has 4 rings (SSSR count). The van der Waals surface area contributed by atoms with Crippen molar-refractivity contribution >= 4 is 45.6 Å². The van der Waals surface area contributed by atoms with E-state index >= 15 is 0 Å². The Kier molecular flexibility index (Phi) is 3.82. The molecule has 1 amide bonds. The molecule has 120 valence electrons. The molecule has 24 heavy (non-hydrogen) atoms. The first-order chi connectivity index (χ1) is 11.8. The van der Waals surface area contributed by atoms with Gasteiger partial charge < -0.3 is 10.2 Å². The fourth-order valence-corrected chi connectivity index (χ4v) is 3.27. The Morgan fingerprint density at radius 2 is 1.88 bits per heavy atom. The zero-order chi connectivity index (χ0) is 16.5. The number of aromatic nitrogens is 1. The van der Waals surface area contributed by atoms with Crippen molar-refractivity contribution in [1.29, 1.82) is 0 Å². The van der Waals surface area contributed by atoms with Crippen LogP contribution < -0.4 is 10.2 Å². The molecule has 1 aromatic heterocycles. The summed E-state index contributed by atoms with van der Waals surface area (Å²) in [6.07, 6.45) is 0.833. The van der Waals surface area contributed by atoms with E-state index in [0.29, 0.717) is 0 Å². The van der Waals surface area contributed by atoms with Crippen molar-refractivity contribution in [3.05, 3.63) is 60.2 Å². The average molecular weight is 338 g/mol. The Morgan fingerprint density at radius 3 is 2.67 bits per heavy atom. The Morgan fingerprint density at radius 1 is 1.12 bits per heavy atom. The third kappa shape index (κ3) is 2.49. The number of carbonyl (C=O) groups is 1. The monoisotopic (exact) mass is 337 g/mol. The quantitative estimate of drug-likeness (QED) is 0.732. The summed E-state index contributed by atoms with van der Waals surface area (Å²) in [7, 11) is 0. The van der Waals surface area contributed by atoms with Gasteiger partial charge in [0.1, 0.15) is 11.7 Å². The van der Waals surface area contributed by atoms with Crippen LogP contribution in [0.1, 0.15) is 5.56 Å². The maximum atomic E-state index is 11.9. The first-order valence-corrected chi connectivity index (χ1v) is 8.41. The second-order valence-corrected chi connectivity index (χ2v) is 5.99. The molecule has 2 heterocycles. The summed E-state index contributed by atoms with van der Waals surface area (Å²) in [4.78, 5) is 18.9. The van der Waals surface area contributed by atoms with E-state index < -0.39 is 0 Å². The van der Waals surface area contributed by atoms with Crippen LogP contribution in [0.5, 0.6) is 0 Å². The molecule has 1 N–H and O–H groups in total. The molecule has 0 spiro atoms. The van der Waals surface area contributed by atoms with Crippen molar-refractivity contribution in [2.45, 2.75) is 6.42 Å². The van der Waals surface area contributed by atoms with Crippen LogP contribution in [0.15, 0.2) is 54.6 Å². The minimum Gasteiger partial charge on any atom is -0.326 e. The van der Waals surface area contributed by atoms with Gasteiger partial charge in [0, 0.05) is 23.2 Å². The molecule has 3 aromatic rings. The number of pyridine rings is 1. The minimum atomic E-state index is -0.201. The molecule has 1 aliphatic heterocycles. The lowest BCUT2D eigenvalue weighted by Crippen LogP contribution is -2.15. The van der Waals surface area contributed by atoms with E-state index in [-0.39, 0.29) is 11.8 Å². The number of benzene rings is 2. The topological polar surface area (TPSA) is 45.2 Å². The summed E-state index contributed by atoms with van der Waals surface area (Å²) in [6.45, 7) is 0.840. The Labute approximate surface area is 145 Å². The Hall–Kier alpha value is -2.59. The smallest absolute Gasteiger partial charge is 0.239 e. The molecule has 0 aliphatic carbocycles. The SMILES string of the molecule is O=C(CCl)Nc1c2c(nc3ccccc13)N(c1ccccc1)CC2. The van der Waals surface area contributed by atoms with Crippen LogP contribution in [0.25, 0.3) is 10.9 Å². The molecule has 0 unspecified atom stereocenters. The summed E-state index contributed by atoms with van der Waals surface area (Å²) >= 11 is 5.69. The maximum Gasteiger partial charge on any atom is 0.239 e. The molecule has 1 aliphatic rings. The van der Waals surface area contributed by atoms with Crippen molar-refractivity contribution in [3.63, 3.8) is 0 Å². The number of hydrogen-bond acceptors (Lipinski definition) is 3. The zero-order valence-corrected chi connectivity index (χ0v) is 13.8. The van der Waals surface area contributed by atoms with E-state index in [2.05, 4.69) is 22.3 Å². The van der Waals surface area contributed by atoms with Crippen molar-refractivity contribution in [1.82, 2.24) is 4.98 Å². The third-order valence-electron chi connectivity index (χ3n) is 4.27. The number of halogens is 1. The minimum absolute atomic E-state index is 0.0617. The van der Waals surface area contributed by atoms with Crippen LogP contribution >= 0.6 is 11.6 Å². The van der Waals surface area contributed by atoms with Gasteiger partial charge in [0.2, 0.25) is 5.91 Å². The molecular weight excluding hydrogens is 322 g/mol. The van der Waals surface area contributed by atoms with Gasteiger partial charge in [0.15, 0.2) is 0 Å². The summed E-state index contributed by atoms with van der Waals surface area (Å²) < 4.78 is 0. The lowest BCUT2D eigenvalue weighted by atomic mass is 10.1. The van der Waals surface area contributed by atoms with Gasteiger partial charge in [-0.15, -0.1) is 11.6 Å². The van der Waals surface area contributed by atoms with Gasteiger partial charge in [0.25, 0.3) is 0 Å². The number of anilines is 3. The van der Waals surface area contributed by atoms with Gasteiger partial charge in [-0.2, -0.15) is 0 Å². The van der Waals surface area contributed by atoms with E-state index in [4.69, 9.17) is 16.6 Å². The molecule has 0 saturated carbocycles. The number of para-hydroxylation sites is 2. The average Bonchev–Trinajstić information content (AvgIpc) is 3.06. The molecule has 5 heteroatoms. The Bertz CT molecular complexity index is 911. The van der Waals surface area contributed by atoms with Crippen molar-refractivity contribution in [3.8, 4) is 0 Å². The molecule has 0 saturated heterocycles. The fraction of sp³-hybridized carbons (Fsp3) is 0.158. The predicted molar refractivity (Wildman–Crippen MR) is 98.2 cm³/mol. The number of hydrogen-bond donors (Lipinski definition) is 1. The van der Waals surface area contributed by atoms with E-state index in [9.17, 15) is 4.79 Å². The van der Waals surface area contributed by atoms with Gasteiger partial charge >= 0.3 is 0 Å². The van der Waals surface area contributed by atoms with Crippen LogP contribution in [0.4, 0.5) is 17.2 Å². The summed E-state index contributed by atoms with van der Waals surface area (Å²) in [6, 6.07) is 18.0. The Balaban J connectivity index is 1.90. The number of carbonyl (C=O) groups excluding carboxylic acids is 1. The molecule has 0 radical (unpaired) electrons. The number of amides is 1. The van der Waals surface area contributed by atoms with Crippen LogP contribution in [0.2, 0.25) is 0 Å². The summed E-state index contributed by atoms with van der Waals surface area (Å²) in [5, 5.41) is 3.92. The van der Waals surface area contributed by atoms with Crippen molar-refractivity contribution in [2.24, 2.45) is 0 Å². The molecule has 0 fully saturated rings. The van der Waals surface area contributed by atoms with Gasteiger partial charge in [0.05, 0.1) is 11.2 Å². The number of fused-ring (bicyclic) bond motifs is 2. The maximum absolute atomic E-state index is 11.9. The van der Waals surface area contributed by atoms with Crippen LogP contribution in [-0.2, 0) is 11.2 Å². The normalized spacial score (nSPS) is 13.1. The molecule has 4 nitrogen and oxygen atoms in total. The highest BCUT2D eigenvalue weighted by molar-refractivity contribution is 6.29. The van der Waals surface area contributed by atoms with Gasteiger partial charge in [-0.1, -0.05) is 36.4 Å².